The van der Waals surface area contributed by atoms with Crippen molar-refractivity contribution in [2.75, 3.05) is 0 Å². The zero-order valence-corrected chi connectivity index (χ0v) is 12.4. The molecule has 0 unspecified atom stereocenters. The quantitative estimate of drug-likeness (QED) is 0.881. The summed E-state index contributed by atoms with van der Waals surface area (Å²) in [4.78, 5) is 15.9. The molecule has 5 nitrogen and oxygen atoms in total. The smallest absolute Gasteiger partial charge is 0.325 e. The van der Waals surface area contributed by atoms with Crippen molar-refractivity contribution >= 4 is 5.97 Å². The van der Waals surface area contributed by atoms with Crippen molar-refractivity contribution in [3.05, 3.63) is 71.4 Å². The van der Waals surface area contributed by atoms with Crippen LogP contribution in [0.4, 0.5) is 0 Å². The summed E-state index contributed by atoms with van der Waals surface area (Å²) in [5.74, 6) is -0.489. The van der Waals surface area contributed by atoms with Crippen LogP contribution in [0.1, 0.15) is 28.8 Å². The fraction of sp³-hybridized carbons (Fsp3) is 0.235. The average Bonchev–Trinajstić information content (AvgIpc) is 2.95. The molecule has 112 valence electrons. The first kappa shape index (κ1) is 14.3. The monoisotopic (exact) mass is 296 g/mol. The molecule has 0 saturated carbocycles. The van der Waals surface area contributed by atoms with E-state index >= 15 is 0 Å². The minimum atomic E-state index is -1.36. The van der Waals surface area contributed by atoms with Gasteiger partial charge in [0.15, 0.2) is 11.2 Å². The molecule has 0 fully saturated rings. The number of hydrogen-bond donors (Lipinski definition) is 1. The van der Waals surface area contributed by atoms with Crippen molar-refractivity contribution in [2.24, 2.45) is 0 Å². The van der Waals surface area contributed by atoms with Gasteiger partial charge >= 0.3 is 5.97 Å². The summed E-state index contributed by atoms with van der Waals surface area (Å²) in [7, 11) is 0. The van der Waals surface area contributed by atoms with Crippen LogP contribution in [-0.2, 0) is 10.2 Å². The van der Waals surface area contributed by atoms with Crippen LogP contribution in [0.25, 0.3) is 0 Å². The van der Waals surface area contributed by atoms with E-state index in [0.717, 1.165) is 5.56 Å². The highest BCUT2D eigenvalue weighted by molar-refractivity contribution is 5.86. The molecule has 0 aliphatic heterocycles. The van der Waals surface area contributed by atoms with Crippen molar-refractivity contribution in [3.63, 3.8) is 0 Å². The van der Waals surface area contributed by atoms with Crippen LogP contribution in [0.3, 0.4) is 0 Å². The van der Waals surface area contributed by atoms with Crippen molar-refractivity contribution in [2.45, 2.75) is 25.2 Å². The molecule has 1 aromatic heterocycles. The number of allylic oxidation sites excluding steroid dienone is 2. The van der Waals surface area contributed by atoms with Crippen molar-refractivity contribution in [1.29, 1.82) is 0 Å². The zero-order chi connectivity index (χ0) is 15.7. The molecule has 22 heavy (non-hydrogen) atoms. The van der Waals surface area contributed by atoms with Gasteiger partial charge in [-0.05, 0) is 18.1 Å². The summed E-state index contributed by atoms with van der Waals surface area (Å²) >= 11 is 0. The van der Waals surface area contributed by atoms with Crippen LogP contribution in [0.2, 0.25) is 0 Å². The number of rotatable bonds is 3. The largest absolute Gasteiger partial charge is 0.480 e. The molecule has 2 aromatic rings. The number of hydrogen-bond acceptors (Lipinski definition) is 4. The number of nitrogens with zero attached hydrogens (tertiary/aromatic N) is 2. The Morgan fingerprint density at radius 1 is 1.23 bits per heavy atom. The minimum absolute atomic E-state index is 0.0432. The van der Waals surface area contributed by atoms with E-state index in [0.29, 0.717) is 5.89 Å². The van der Waals surface area contributed by atoms with Crippen molar-refractivity contribution in [1.82, 2.24) is 10.1 Å². The molecule has 0 bridgehead atoms. The molecule has 0 amide bonds. The Labute approximate surface area is 128 Å². The van der Waals surface area contributed by atoms with Crippen LogP contribution in [0, 0.1) is 13.8 Å². The second-order valence-electron chi connectivity index (χ2n) is 5.41. The Hall–Kier alpha value is -2.69. The standard InChI is InChI=1S/C17H16N2O3/c1-11-5-3-4-6-14(11)13-7-9-17(10-8-13,16(20)21)15-18-12(2)22-19-15/h3-10,13H,1-2H3,(H,20,21). The molecule has 5 heteroatoms. The molecule has 1 N–H and O–H groups in total. The summed E-state index contributed by atoms with van der Waals surface area (Å²) in [6.45, 7) is 3.68. The zero-order valence-electron chi connectivity index (χ0n) is 12.4. The van der Waals surface area contributed by atoms with Crippen LogP contribution < -0.4 is 0 Å². The minimum Gasteiger partial charge on any atom is -0.480 e. The van der Waals surface area contributed by atoms with E-state index in [1.807, 2.05) is 43.3 Å². The highest BCUT2D eigenvalue weighted by Gasteiger charge is 2.41. The van der Waals surface area contributed by atoms with Crippen LogP contribution in [0.5, 0.6) is 0 Å². The number of aromatic nitrogens is 2. The van der Waals surface area contributed by atoms with E-state index in [-0.39, 0.29) is 11.7 Å². The van der Waals surface area contributed by atoms with Gasteiger partial charge < -0.3 is 9.63 Å². The van der Waals surface area contributed by atoms with Gasteiger partial charge in [-0.2, -0.15) is 4.98 Å². The lowest BCUT2D eigenvalue weighted by atomic mass is 9.78. The number of benzene rings is 1. The molecule has 0 spiro atoms. The van der Waals surface area contributed by atoms with Gasteiger partial charge in [0.05, 0.1) is 0 Å². The summed E-state index contributed by atoms with van der Waals surface area (Å²) in [5.41, 5.74) is 0.954. The predicted molar refractivity (Wildman–Crippen MR) is 80.5 cm³/mol. The topological polar surface area (TPSA) is 76.2 Å². The molecule has 1 heterocycles. The van der Waals surface area contributed by atoms with Crippen molar-refractivity contribution < 1.29 is 14.4 Å². The van der Waals surface area contributed by atoms with Crippen LogP contribution in [0.15, 0.2) is 53.1 Å². The van der Waals surface area contributed by atoms with E-state index in [1.54, 1.807) is 19.1 Å². The SMILES string of the molecule is Cc1nc(C2(C(=O)O)C=CC(c3ccccc3C)C=C2)no1. The number of carboxylic acids is 1. The highest BCUT2D eigenvalue weighted by atomic mass is 16.5. The second-order valence-corrected chi connectivity index (χ2v) is 5.41. The molecule has 1 aromatic carbocycles. The molecule has 1 aliphatic rings. The summed E-state index contributed by atoms with van der Waals surface area (Å²) in [5, 5.41) is 13.4. The Kier molecular flexibility index (Phi) is 3.41. The maximum atomic E-state index is 11.8. The molecule has 3 rings (SSSR count). The molecule has 0 radical (unpaired) electrons. The summed E-state index contributed by atoms with van der Waals surface area (Å²) < 4.78 is 4.93. The van der Waals surface area contributed by atoms with Crippen LogP contribution >= 0.6 is 0 Å². The molecule has 0 atom stereocenters. The van der Waals surface area contributed by atoms with E-state index < -0.39 is 11.4 Å². The maximum Gasteiger partial charge on any atom is 0.325 e. The van der Waals surface area contributed by atoms with E-state index in [4.69, 9.17) is 4.52 Å². The number of carbonyl (C=O) groups is 1. The molecule has 1 aliphatic carbocycles. The van der Waals surface area contributed by atoms with E-state index in [2.05, 4.69) is 10.1 Å². The van der Waals surface area contributed by atoms with Gasteiger partial charge in [-0.1, -0.05) is 53.7 Å². The van der Waals surface area contributed by atoms with Gasteiger partial charge in [0.2, 0.25) is 5.89 Å². The van der Waals surface area contributed by atoms with Gasteiger partial charge in [-0.3, -0.25) is 4.79 Å². The van der Waals surface area contributed by atoms with Gasteiger partial charge in [0.25, 0.3) is 0 Å². The molecular weight excluding hydrogens is 280 g/mol. The third kappa shape index (κ3) is 2.24. The first-order chi connectivity index (χ1) is 10.5. The lowest BCUT2D eigenvalue weighted by Gasteiger charge is -2.24. The maximum absolute atomic E-state index is 11.8. The Morgan fingerprint density at radius 3 is 2.45 bits per heavy atom. The number of aryl methyl sites for hydroxylation is 2. The fourth-order valence-electron chi connectivity index (χ4n) is 2.65. The lowest BCUT2D eigenvalue weighted by Crippen LogP contribution is -2.34. The highest BCUT2D eigenvalue weighted by Crippen LogP contribution is 2.34. The van der Waals surface area contributed by atoms with Gasteiger partial charge in [-0.25, -0.2) is 0 Å². The van der Waals surface area contributed by atoms with Gasteiger partial charge in [0.1, 0.15) is 0 Å². The van der Waals surface area contributed by atoms with Crippen molar-refractivity contribution in [3.8, 4) is 0 Å². The molecule has 0 saturated heterocycles. The Balaban J connectivity index is 1.99. The number of carboxylic acid groups (broad SMARTS) is 1. The van der Waals surface area contributed by atoms with Gasteiger partial charge in [0, 0.05) is 12.8 Å². The summed E-state index contributed by atoms with van der Waals surface area (Å²) in [6.07, 6.45) is 7.03. The van der Waals surface area contributed by atoms with E-state index in [1.165, 1.54) is 5.56 Å². The average molecular weight is 296 g/mol. The Bertz CT molecular complexity index is 760. The predicted octanol–water partition coefficient (Wildman–Crippen LogP) is 2.92. The summed E-state index contributed by atoms with van der Waals surface area (Å²) in [6, 6.07) is 8.05. The van der Waals surface area contributed by atoms with Crippen LogP contribution in [-0.4, -0.2) is 21.2 Å². The molecular formula is C17H16N2O3. The number of aliphatic carboxylic acids is 1. The van der Waals surface area contributed by atoms with E-state index in [9.17, 15) is 9.90 Å². The van der Waals surface area contributed by atoms with Gasteiger partial charge in [-0.15, -0.1) is 0 Å². The lowest BCUT2D eigenvalue weighted by molar-refractivity contribution is -0.140. The first-order valence-corrected chi connectivity index (χ1v) is 7.01. The third-order valence-electron chi connectivity index (χ3n) is 3.93. The fourth-order valence-corrected chi connectivity index (χ4v) is 2.65. The first-order valence-electron chi connectivity index (χ1n) is 7.01. The Morgan fingerprint density at radius 2 is 1.91 bits per heavy atom. The second kappa shape index (κ2) is 5.26. The normalized spacial score (nSPS) is 23.6. The third-order valence-corrected chi connectivity index (χ3v) is 3.93.